The van der Waals surface area contributed by atoms with Crippen molar-refractivity contribution in [1.82, 2.24) is 24.8 Å². The van der Waals surface area contributed by atoms with Gasteiger partial charge in [-0.25, -0.2) is 9.07 Å². The highest BCUT2D eigenvalue weighted by atomic mass is 19.1. The minimum Gasteiger partial charge on any atom is -0.339 e. The van der Waals surface area contributed by atoms with Crippen molar-refractivity contribution in [1.29, 1.82) is 0 Å². The molecule has 1 saturated heterocycles. The van der Waals surface area contributed by atoms with E-state index < -0.39 is 0 Å². The second kappa shape index (κ2) is 8.82. The molecular formula is C23H27FN6O2. The standard InChI is InChI=1S/C23H27FN6O2/c1-15(16-4-5-16)30-20(10-11-25-30)26-21(31)14-29-12-2-3-18(13-29)23-27-22(28-32-23)17-6-8-19(24)9-7-17/h6-11,15-16,18H,2-5,12-14H2,1H3,(H,26,31). The third kappa shape index (κ3) is 4.57. The lowest BCUT2D eigenvalue weighted by Crippen LogP contribution is -2.40. The maximum atomic E-state index is 13.2. The van der Waals surface area contributed by atoms with Crippen LogP contribution in [0.4, 0.5) is 10.2 Å². The summed E-state index contributed by atoms with van der Waals surface area (Å²) >= 11 is 0. The van der Waals surface area contributed by atoms with Gasteiger partial charge in [0.2, 0.25) is 17.6 Å². The van der Waals surface area contributed by atoms with Gasteiger partial charge in [-0.1, -0.05) is 5.16 Å². The van der Waals surface area contributed by atoms with Gasteiger partial charge in [-0.3, -0.25) is 9.69 Å². The number of benzene rings is 1. The number of hydrogen-bond acceptors (Lipinski definition) is 6. The molecule has 2 aliphatic rings. The summed E-state index contributed by atoms with van der Waals surface area (Å²) in [5.74, 6) is 2.14. The summed E-state index contributed by atoms with van der Waals surface area (Å²) in [5, 5.41) is 11.5. The zero-order valence-corrected chi connectivity index (χ0v) is 18.1. The van der Waals surface area contributed by atoms with Crippen LogP contribution >= 0.6 is 0 Å². The van der Waals surface area contributed by atoms with E-state index in [9.17, 15) is 9.18 Å². The van der Waals surface area contributed by atoms with Crippen molar-refractivity contribution in [3.05, 3.63) is 48.2 Å². The number of halogens is 1. The van der Waals surface area contributed by atoms with Crippen LogP contribution in [0.5, 0.6) is 0 Å². The van der Waals surface area contributed by atoms with E-state index in [2.05, 4.69) is 32.4 Å². The van der Waals surface area contributed by atoms with Crippen molar-refractivity contribution in [3.63, 3.8) is 0 Å². The molecule has 1 aliphatic carbocycles. The van der Waals surface area contributed by atoms with Crippen molar-refractivity contribution >= 4 is 11.7 Å². The quantitative estimate of drug-likeness (QED) is 0.603. The Balaban J connectivity index is 1.19. The molecule has 8 nitrogen and oxygen atoms in total. The molecule has 2 unspecified atom stereocenters. The van der Waals surface area contributed by atoms with Gasteiger partial charge in [0.1, 0.15) is 11.6 Å². The first kappa shape index (κ1) is 20.8. The van der Waals surface area contributed by atoms with E-state index in [-0.39, 0.29) is 17.6 Å². The Kier molecular flexibility index (Phi) is 5.73. The van der Waals surface area contributed by atoms with Gasteiger partial charge in [-0.2, -0.15) is 10.1 Å². The number of nitrogens with zero attached hydrogens (tertiary/aromatic N) is 5. The highest BCUT2D eigenvalue weighted by molar-refractivity contribution is 5.91. The van der Waals surface area contributed by atoms with Crippen molar-refractivity contribution in [3.8, 4) is 11.4 Å². The zero-order chi connectivity index (χ0) is 22.1. The molecule has 32 heavy (non-hydrogen) atoms. The van der Waals surface area contributed by atoms with E-state index in [0.717, 1.165) is 25.2 Å². The molecule has 0 radical (unpaired) electrons. The van der Waals surface area contributed by atoms with E-state index in [1.807, 2.05) is 10.7 Å². The second-order valence-electron chi connectivity index (χ2n) is 8.82. The lowest BCUT2D eigenvalue weighted by molar-refractivity contribution is -0.117. The predicted molar refractivity (Wildman–Crippen MR) is 116 cm³/mol. The summed E-state index contributed by atoms with van der Waals surface area (Å²) in [4.78, 5) is 19.4. The molecule has 1 N–H and O–H groups in total. The van der Waals surface area contributed by atoms with Crippen LogP contribution in [0.15, 0.2) is 41.1 Å². The summed E-state index contributed by atoms with van der Waals surface area (Å²) in [5.41, 5.74) is 0.713. The Morgan fingerprint density at radius 1 is 1.25 bits per heavy atom. The molecule has 2 aromatic heterocycles. The molecule has 9 heteroatoms. The van der Waals surface area contributed by atoms with Crippen LogP contribution in [0, 0.1) is 11.7 Å². The lowest BCUT2D eigenvalue weighted by atomic mass is 9.98. The number of aromatic nitrogens is 4. The Morgan fingerprint density at radius 3 is 2.84 bits per heavy atom. The number of nitrogens with one attached hydrogen (secondary N) is 1. The van der Waals surface area contributed by atoms with Gasteiger partial charge >= 0.3 is 0 Å². The number of rotatable bonds is 7. The molecule has 0 spiro atoms. The molecule has 0 bridgehead atoms. The minimum atomic E-state index is -0.302. The zero-order valence-electron chi connectivity index (χ0n) is 18.1. The predicted octanol–water partition coefficient (Wildman–Crippen LogP) is 3.86. The molecule has 5 rings (SSSR count). The molecule has 168 valence electrons. The van der Waals surface area contributed by atoms with E-state index >= 15 is 0 Å². The van der Waals surface area contributed by atoms with Crippen LogP contribution in [0.2, 0.25) is 0 Å². The van der Waals surface area contributed by atoms with Gasteiger partial charge in [-0.15, -0.1) is 0 Å². The summed E-state index contributed by atoms with van der Waals surface area (Å²) in [7, 11) is 0. The molecule has 2 atom stereocenters. The fourth-order valence-electron chi connectivity index (χ4n) is 4.42. The molecule has 1 amide bonds. The molecule has 2 fully saturated rings. The molecule has 1 aliphatic heterocycles. The van der Waals surface area contributed by atoms with E-state index in [1.165, 1.54) is 25.0 Å². The van der Waals surface area contributed by atoms with E-state index in [1.54, 1.807) is 18.3 Å². The number of amides is 1. The fraction of sp³-hybridized carbons (Fsp3) is 0.478. The Bertz CT molecular complexity index is 1070. The largest absolute Gasteiger partial charge is 0.339 e. The lowest BCUT2D eigenvalue weighted by Gasteiger charge is -2.30. The Morgan fingerprint density at radius 2 is 2.06 bits per heavy atom. The van der Waals surface area contributed by atoms with Crippen LogP contribution in [-0.2, 0) is 4.79 Å². The molecule has 3 aromatic rings. The van der Waals surface area contributed by atoms with Crippen LogP contribution in [-0.4, -0.2) is 50.4 Å². The number of hydrogen-bond donors (Lipinski definition) is 1. The molecule has 1 saturated carbocycles. The summed E-state index contributed by atoms with van der Waals surface area (Å²) in [6.07, 6.45) is 6.06. The van der Waals surface area contributed by atoms with E-state index in [4.69, 9.17) is 4.52 Å². The Labute approximate surface area is 185 Å². The maximum Gasteiger partial charge on any atom is 0.239 e. The van der Waals surface area contributed by atoms with Crippen molar-refractivity contribution in [2.75, 3.05) is 25.0 Å². The Hall–Kier alpha value is -3.07. The third-order valence-corrected chi connectivity index (χ3v) is 6.39. The van der Waals surface area contributed by atoms with Gasteiger partial charge in [0, 0.05) is 18.2 Å². The number of carbonyl (C=O) groups excluding carboxylic acids is 1. The average Bonchev–Trinajstić information content (AvgIpc) is 3.34. The monoisotopic (exact) mass is 438 g/mol. The number of anilines is 1. The van der Waals surface area contributed by atoms with Crippen molar-refractivity contribution in [2.24, 2.45) is 5.92 Å². The fourth-order valence-corrected chi connectivity index (χ4v) is 4.42. The van der Waals surface area contributed by atoms with Gasteiger partial charge in [0.15, 0.2) is 0 Å². The average molecular weight is 439 g/mol. The SMILES string of the molecule is CC(C1CC1)n1nccc1NC(=O)CN1CCCC(c2nc(-c3ccc(F)cc3)no2)C1. The summed E-state index contributed by atoms with van der Waals surface area (Å²) < 4.78 is 20.6. The number of piperidine rings is 1. The normalized spacial score (nSPS) is 20.2. The third-order valence-electron chi connectivity index (χ3n) is 6.39. The number of carbonyl (C=O) groups is 1. The first-order valence-corrected chi connectivity index (χ1v) is 11.2. The van der Waals surface area contributed by atoms with Crippen LogP contribution < -0.4 is 5.32 Å². The minimum absolute atomic E-state index is 0.0482. The summed E-state index contributed by atoms with van der Waals surface area (Å²) in [6.45, 7) is 3.98. The van der Waals surface area contributed by atoms with Gasteiger partial charge < -0.3 is 9.84 Å². The first-order valence-electron chi connectivity index (χ1n) is 11.2. The van der Waals surface area contributed by atoms with Crippen molar-refractivity contribution in [2.45, 2.75) is 44.6 Å². The van der Waals surface area contributed by atoms with E-state index in [0.29, 0.717) is 42.3 Å². The maximum absolute atomic E-state index is 13.2. The highest BCUT2D eigenvalue weighted by Gasteiger charge is 2.31. The van der Waals surface area contributed by atoms with Crippen LogP contribution in [0.1, 0.15) is 50.5 Å². The van der Waals surface area contributed by atoms with Gasteiger partial charge in [-0.05, 0) is 69.3 Å². The van der Waals surface area contributed by atoms with Crippen molar-refractivity contribution < 1.29 is 13.7 Å². The van der Waals surface area contributed by atoms with Gasteiger partial charge in [0.05, 0.1) is 24.7 Å². The number of likely N-dealkylation sites (tertiary alicyclic amines) is 1. The van der Waals surface area contributed by atoms with Crippen LogP contribution in [0.25, 0.3) is 11.4 Å². The molecule has 3 heterocycles. The van der Waals surface area contributed by atoms with Gasteiger partial charge in [0.25, 0.3) is 0 Å². The first-order chi connectivity index (χ1) is 15.6. The second-order valence-corrected chi connectivity index (χ2v) is 8.82. The smallest absolute Gasteiger partial charge is 0.239 e. The highest BCUT2D eigenvalue weighted by Crippen LogP contribution is 2.40. The summed E-state index contributed by atoms with van der Waals surface area (Å²) in [6, 6.07) is 8.18. The van der Waals surface area contributed by atoms with Crippen LogP contribution in [0.3, 0.4) is 0 Å². The topological polar surface area (TPSA) is 89.1 Å². The molecular weight excluding hydrogens is 411 g/mol. The molecule has 1 aromatic carbocycles.